The predicted molar refractivity (Wildman–Crippen MR) is 57.0 cm³/mol. The van der Waals surface area contributed by atoms with E-state index in [-0.39, 0.29) is 12.2 Å². The van der Waals surface area contributed by atoms with Crippen LogP contribution in [0.3, 0.4) is 0 Å². The van der Waals surface area contributed by atoms with Crippen LogP contribution in [0.25, 0.3) is 0 Å². The van der Waals surface area contributed by atoms with E-state index < -0.39 is 39.0 Å². The van der Waals surface area contributed by atoms with Crippen molar-refractivity contribution in [2.45, 2.75) is 13.0 Å². The van der Waals surface area contributed by atoms with E-state index in [2.05, 4.69) is 26.1 Å². The van der Waals surface area contributed by atoms with Crippen molar-refractivity contribution >= 4 is 19.8 Å². The van der Waals surface area contributed by atoms with Crippen molar-refractivity contribution in [3.05, 3.63) is 12.2 Å². The molecule has 10 heteroatoms. The molecule has 3 N–H and O–H groups in total. The number of carboxylic acids is 1. The largest absolute Gasteiger partial charge is 0.756 e. The molecular formula is C9H15NO8P-. The first-order valence-electron chi connectivity index (χ1n) is 5.12. The van der Waals surface area contributed by atoms with Crippen LogP contribution in [0.1, 0.15) is 6.92 Å². The lowest BCUT2D eigenvalue weighted by atomic mass is 10.3. The standard InChI is InChI=1S/C9H16NO8P/c1-6(2)9(13)16-3-4-17-19(14,15)18-5-7(10)8(11)12/h7H,1,3-5,10H2,2H3,(H,11,12)(H,14,15)/p-1. The number of carbonyl (C=O) groups excluding carboxylic acids is 2. The van der Waals surface area contributed by atoms with Crippen LogP contribution in [-0.4, -0.2) is 37.8 Å². The minimum absolute atomic E-state index is 0.162. The number of quaternary nitrogens is 1. The van der Waals surface area contributed by atoms with Gasteiger partial charge in [0.1, 0.15) is 25.2 Å². The quantitative estimate of drug-likeness (QED) is 0.204. The van der Waals surface area contributed by atoms with E-state index >= 15 is 0 Å². The normalized spacial score (nSPS) is 15.3. The molecule has 110 valence electrons. The van der Waals surface area contributed by atoms with E-state index in [4.69, 9.17) is 0 Å². The summed E-state index contributed by atoms with van der Waals surface area (Å²) in [6.45, 7) is 3.29. The molecule has 0 heterocycles. The number of aliphatic carboxylic acids is 1. The van der Waals surface area contributed by atoms with E-state index in [9.17, 15) is 24.2 Å². The highest BCUT2D eigenvalue weighted by Crippen LogP contribution is 2.37. The fourth-order valence-electron chi connectivity index (χ4n) is 0.693. The maximum absolute atomic E-state index is 11.1. The maximum atomic E-state index is 11.1. The second kappa shape index (κ2) is 8.03. The minimum atomic E-state index is -4.66. The average molecular weight is 296 g/mol. The van der Waals surface area contributed by atoms with Gasteiger partial charge < -0.3 is 34.3 Å². The van der Waals surface area contributed by atoms with Crippen molar-refractivity contribution in [3.8, 4) is 0 Å². The highest BCUT2D eigenvalue weighted by atomic mass is 31.2. The Kier molecular flexibility index (Phi) is 7.50. The van der Waals surface area contributed by atoms with Crippen LogP contribution in [0.15, 0.2) is 12.2 Å². The molecule has 0 aromatic carbocycles. The average Bonchev–Trinajstić information content (AvgIpc) is 2.31. The first kappa shape index (κ1) is 17.8. The number of esters is 1. The molecule has 2 unspecified atom stereocenters. The van der Waals surface area contributed by atoms with Gasteiger partial charge in [-0.3, -0.25) is 4.57 Å². The Morgan fingerprint density at radius 3 is 2.42 bits per heavy atom. The molecule has 2 atom stereocenters. The van der Waals surface area contributed by atoms with Crippen LogP contribution in [0.4, 0.5) is 0 Å². The van der Waals surface area contributed by atoms with Crippen LogP contribution in [-0.2, 0) is 27.9 Å². The summed E-state index contributed by atoms with van der Waals surface area (Å²) in [6.07, 6.45) is 0. The summed E-state index contributed by atoms with van der Waals surface area (Å²) >= 11 is 0. The molecule has 0 aliphatic carbocycles. The molecule has 0 radical (unpaired) electrons. The van der Waals surface area contributed by atoms with Crippen molar-refractivity contribution < 1.29 is 43.7 Å². The van der Waals surface area contributed by atoms with Gasteiger partial charge >= 0.3 is 5.97 Å². The van der Waals surface area contributed by atoms with Crippen molar-refractivity contribution in [2.24, 2.45) is 0 Å². The Morgan fingerprint density at radius 2 is 1.95 bits per heavy atom. The summed E-state index contributed by atoms with van der Waals surface area (Å²) < 4.78 is 24.3. The molecule has 0 aromatic rings. The van der Waals surface area contributed by atoms with E-state index in [0.29, 0.717) is 0 Å². The zero-order valence-corrected chi connectivity index (χ0v) is 11.2. The molecular weight excluding hydrogens is 281 g/mol. The van der Waals surface area contributed by atoms with Crippen LogP contribution in [0.5, 0.6) is 0 Å². The van der Waals surface area contributed by atoms with Crippen LogP contribution >= 0.6 is 7.82 Å². The molecule has 19 heavy (non-hydrogen) atoms. The molecule has 0 aromatic heterocycles. The first-order chi connectivity index (χ1) is 8.65. The molecule has 0 saturated heterocycles. The first-order valence-corrected chi connectivity index (χ1v) is 6.58. The number of carboxylic acid groups (broad SMARTS) is 1. The molecule has 0 fully saturated rings. The molecule has 9 nitrogen and oxygen atoms in total. The Morgan fingerprint density at radius 1 is 1.37 bits per heavy atom. The van der Waals surface area contributed by atoms with Crippen molar-refractivity contribution in [2.75, 3.05) is 19.8 Å². The summed E-state index contributed by atoms with van der Waals surface area (Å²) in [5.74, 6) is -2.23. The van der Waals surface area contributed by atoms with Gasteiger partial charge in [-0.15, -0.1) is 0 Å². The van der Waals surface area contributed by atoms with Crippen molar-refractivity contribution in [1.29, 1.82) is 0 Å². The van der Waals surface area contributed by atoms with Gasteiger partial charge in [-0.2, -0.15) is 0 Å². The number of hydrogen-bond acceptors (Lipinski definition) is 8. The number of rotatable bonds is 9. The van der Waals surface area contributed by atoms with E-state index in [1.54, 1.807) is 0 Å². The summed E-state index contributed by atoms with van der Waals surface area (Å²) in [7, 11) is -4.66. The molecule has 0 spiro atoms. The topological polar surface area (TPSA) is 153 Å². The van der Waals surface area contributed by atoms with E-state index in [1.165, 1.54) is 6.92 Å². The lowest BCUT2D eigenvalue weighted by Crippen LogP contribution is -2.70. The maximum Gasteiger partial charge on any atom is 0.333 e. The zero-order valence-electron chi connectivity index (χ0n) is 10.3. The Bertz CT molecular complexity index is 396. The Labute approximate surface area is 109 Å². The molecule has 0 bridgehead atoms. The summed E-state index contributed by atoms with van der Waals surface area (Å²) in [6, 6.07) is -1.34. The van der Waals surface area contributed by atoms with Crippen LogP contribution < -0.4 is 15.7 Å². The molecule has 0 amide bonds. The van der Waals surface area contributed by atoms with Gasteiger partial charge in [-0.25, -0.2) is 4.79 Å². The SMILES string of the molecule is C=C(C)C(=O)OCCOP(=O)([O-])OCC([NH3+])C(=O)[O-]. The van der Waals surface area contributed by atoms with Gasteiger partial charge in [0.25, 0.3) is 7.82 Å². The van der Waals surface area contributed by atoms with Gasteiger partial charge in [0, 0.05) is 5.57 Å². The number of phosphoric ester groups is 1. The van der Waals surface area contributed by atoms with Gasteiger partial charge in [0.2, 0.25) is 0 Å². The molecule has 0 saturated carbocycles. The summed E-state index contributed by atoms with van der Waals surface area (Å²) in [4.78, 5) is 32.3. The van der Waals surface area contributed by atoms with Crippen LogP contribution in [0, 0.1) is 0 Å². The van der Waals surface area contributed by atoms with E-state index in [1.807, 2.05) is 0 Å². The smallest absolute Gasteiger partial charge is 0.333 e. The second-order valence-electron chi connectivity index (χ2n) is 3.51. The Balaban J connectivity index is 3.91. The lowest BCUT2D eigenvalue weighted by Gasteiger charge is -2.23. The van der Waals surface area contributed by atoms with E-state index in [0.717, 1.165) is 0 Å². The monoisotopic (exact) mass is 296 g/mol. The summed E-state index contributed by atoms with van der Waals surface area (Å²) in [5, 5.41) is 10.3. The molecule has 0 rings (SSSR count). The molecule has 0 aliphatic heterocycles. The third-order valence-electron chi connectivity index (χ3n) is 1.68. The van der Waals surface area contributed by atoms with Crippen molar-refractivity contribution in [1.82, 2.24) is 0 Å². The molecule has 0 aliphatic rings. The lowest BCUT2D eigenvalue weighted by molar-refractivity contribution is -0.441. The minimum Gasteiger partial charge on any atom is -0.756 e. The second-order valence-corrected chi connectivity index (χ2v) is 4.92. The number of phosphoric acid groups is 1. The summed E-state index contributed by atoms with van der Waals surface area (Å²) in [5.41, 5.74) is 3.26. The predicted octanol–water partition coefficient (Wildman–Crippen LogP) is -3.03. The third-order valence-corrected chi connectivity index (χ3v) is 2.65. The van der Waals surface area contributed by atoms with Crippen molar-refractivity contribution in [3.63, 3.8) is 0 Å². The highest BCUT2D eigenvalue weighted by molar-refractivity contribution is 7.45. The fourth-order valence-corrected chi connectivity index (χ4v) is 1.43. The fraction of sp³-hybridized carbons (Fsp3) is 0.556. The zero-order chi connectivity index (χ0) is 15.1. The van der Waals surface area contributed by atoms with Crippen LogP contribution in [0.2, 0.25) is 0 Å². The van der Waals surface area contributed by atoms with Gasteiger partial charge in [0.05, 0.1) is 6.61 Å². The highest BCUT2D eigenvalue weighted by Gasteiger charge is 2.15. The van der Waals surface area contributed by atoms with Gasteiger partial charge in [0.15, 0.2) is 0 Å². The van der Waals surface area contributed by atoms with Gasteiger partial charge in [-0.1, -0.05) is 6.58 Å². The van der Waals surface area contributed by atoms with Gasteiger partial charge in [-0.05, 0) is 6.92 Å². The third kappa shape index (κ3) is 8.46. The number of ether oxygens (including phenoxy) is 1. The number of hydrogen-bond donors (Lipinski definition) is 1. The Hall–Kier alpha value is -1.25. The number of carbonyl (C=O) groups is 2.